The molecule has 5 nitrogen and oxygen atoms in total. The van der Waals surface area contributed by atoms with Crippen LogP contribution in [0.15, 0.2) is 29.6 Å². The fourth-order valence-electron chi connectivity index (χ4n) is 3.82. The molecule has 1 saturated carbocycles. The summed E-state index contributed by atoms with van der Waals surface area (Å²) in [6, 6.07) is 2.61. The van der Waals surface area contributed by atoms with Gasteiger partial charge in [-0.25, -0.2) is 0 Å². The van der Waals surface area contributed by atoms with Crippen molar-refractivity contribution in [1.29, 1.82) is 0 Å². The third-order valence-electron chi connectivity index (χ3n) is 5.47. The van der Waals surface area contributed by atoms with Gasteiger partial charge >= 0.3 is 6.18 Å². The van der Waals surface area contributed by atoms with Crippen LogP contribution in [0.2, 0.25) is 0 Å². The maximum Gasteiger partial charge on any atom is 0.439 e. The maximum atomic E-state index is 13.9. The number of rotatable bonds is 1. The van der Waals surface area contributed by atoms with E-state index in [4.69, 9.17) is 0 Å². The Kier molecular flexibility index (Phi) is 4.37. The van der Waals surface area contributed by atoms with Crippen LogP contribution >= 0.6 is 0 Å². The van der Waals surface area contributed by atoms with Gasteiger partial charge in [-0.05, 0) is 42.7 Å². The number of aliphatic hydroxyl groups is 1. The summed E-state index contributed by atoms with van der Waals surface area (Å²) in [5, 5.41) is 14.9. The van der Waals surface area contributed by atoms with Crippen LogP contribution in [0.3, 0.4) is 0 Å². The van der Waals surface area contributed by atoms with Gasteiger partial charge in [0.05, 0.1) is 5.92 Å². The van der Waals surface area contributed by atoms with Gasteiger partial charge in [-0.3, -0.25) is 9.78 Å². The molecule has 2 aliphatic rings. The topological polar surface area (TPSA) is 65.8 Å². The first kappa shape index (κ1) is 18.8. The predicted molar refractivity (Wildman–Crippen MR) is 89.1 cm³/mol. The van der Waals surface area contributed by atoms with Crippen LogP contribution in [-0.4, -0.2) is 38.6 Å². The molecule has 1 aromatic rings. The monoisotopic (exact) mass is 369 g/mol. The van der Waals surface area contributed by atoms with Crippen molar-refractivity contribution in [3.63, 3.8) is 0 Å². The van der Waals surface area contributed by atoms with E-state index in [2.05, 4.69) is 10.1 Å². The second kappa shape index (κ2) is 6.04. The molecule has 0 spiro atoms. The number of alkyl halides is 3. The number of hydrogen-bond acceptors (Lipinski definition) is 4. The van der Waals surface area contributed by atoms with Crippen molar-refractivity contribution < 1.29 is 23.1 Å². The van der Waals surface area contributed by atoms with Gasteiger partial charge < -0.3 is 5.11 Å². The number of pyridine rings is 1. The molecule has 26 heavy (non-hydrogen) atoms. The van der Waals surface area contributed by atoms with E-state index in [1.54, 1.807) is 0 Å². The van der Waals surface area contributed by atoms with E-state index in [1.807, 2.05) is 20.8 Å². The summed E-state index contributed by atoms with van der Waals surface area (Å²) in [6.07, 6.45) is -1.24. The van der Waals surface area contributed by atoms with Crippen LogP contribution in [0.5, 0.6) is 0 Å². The zero-order valence-electron chi connectivity index (χ0n) is 14.9. The zero-order chi connectivity index (χ0) is 19.3. The Hall–Kier alpha value is -1.96. The number of carbonyl (C=O) groups is 1. The van der Waals surface area contributed by atoms with Gasteiger partial charge in [0.15, 0.2) is 0 Å². The van der Waals surface area contributed by atoms with Crippen LogP contribution in [-0.2, 0) is 0 Å². The van der Waals surface area contributed by atoms with E-state index in [0.29, 0.717) is 12.8 Å². The molecular formula is C18H22F3N3O2. The standard InChI is InChI=1S/C18H22F3N3O2/c1-16(2,3)12-4-5-14-13(10-12)17(26,18(19,20)21)24(23-14)15(25)11-6-8-22-9-7-11/h6-9,12-13,26H,4-5,10H2,1-3H3/t12-,13+,17+/m1/s1. The molecule has 142 valence electrons. The summed E-state index contributed by atoms with van der Waals surface area (Å²) in [5.41, 5.74) is -3.28. The van der Waals surface area contributed by atoms with Crippen molar-refractivity contribution >= 4 is 11.6 Å². The van der Waals surface area contributed by atoms with E-state index in [9.17, 15) is 23.1 Å². The number of hydrazone groups is 1. The van der Waals surface area contributed by atoms with Crippen molar-refractivity contribution in [3.05, 3.63) is 30.1 Å². The molecule has 1 aliphatic heterocycles. The Bertz CT molecular complexity index is 727. The molecule has 0 radical (unpaired) electrons. The van der Waals surface area contributed by atoms with Gasteiger partial charge in [-0.1, -0.05) is 20.8 Å². The summed E-state index contributed by atoms with van der Waals surface area (Å²) in [5.74, 6) is -2.23. The lowest BCUT2D eigenvalue weighted by Crippen LogP contribution is -2.62. The average Bonchev–Trinajstić information content (AvgIpc) is 2.88. The Balaban J connectivity index is 2.01. The molecule has 1 amide bonds. The van der Waals surface area contributed by atoms with Crippen molar-refractivity contribution in [2.45, 2.75) is 51.9 Å². The van der Waals surface area contributed by atoms with E-state index in [0.717, 1.165) is 0 Å². The minimum Gasteiger partial charge on any atom is -0.362 e. The molecular weight excluding hydrogens is 347 g/mol. The highest BCUT2D eigenvalue weighted by Gasteiger charge is 2.69. The third kappa shape index (κ3) is 2.90. The van der Waals surface area contributed by atoms with E-state index < -0.39 is 23.7 Å². The minimum absolute atomic E-state index is 0.00181. The number of halogens is 3. The van der Waals surface area contributed by atoms with Crippen LogP contribution in [0.4, 0.5) is 13.2 Å². The molecule has 3 atom stereocenters. The maximum absolute atomic E-state index is 13.9. The normalized spacial score (nSPS) is 29.3. The largest absolute Gasteiger partial charge is 0.439 e. The van der Waals surface area contributed by atoms with Gasteiger partial charge in [-0.15, -0.1) is 0 Å². The molecule has 2 heterocycles. The highest BCUT2D eigenvalue weighted by atomic mass is 19.4. The lowest BCUT2D eigenvalue weighted by Gasteiger charge is -2.42. The number of amides is 1. The van der Waals surface area contributed by atoms with Gasteiger partial charge in [0, 0.05) is 23.7 Å². The Morgan fingerprint density at radius 2 is 1.88 bits per heavy atom. The first-order chi connectivity index (χ1) is 12.0. The fraction of sp³-hybridized carbons (Fsp3) is 0.611. The molecule has 0 bridgehead atoms. The van der Waals surface area contributed by atoms with Gasteiger partial charge in [0.25, 0.3) is 11.6 Å². The average molecular weight is 369 g/mol. The molecule has 8 heteroatoms. The number of carbonyl (C=O) groups excluding carboxylic acids is 1. The number of aromatic nitrogens is 1. The Labute approximate surface area is 149 Å². The van der Waals surface area contributed by atoms with E-state index in [-0.39, 0.29) is 34.0 Å². The van der Waals surface area contributed by atoms with Gasteiger partial charge in [-0.2, -0.15) is 23.3 Å². The predicted octanol–water partition coefficient (Wildman–Crippen LogP) is 3.61. The third-order valence-corrected chi connectivity index (χ3v) is 5.47. The number of hydrogen-bond donors (Lipinski definition) is 1. The first-order valence-corrected chi connectivity index (χ1v) is 8.57. The quantitative estimate of drug-likeness (QED) is 0.822. The van der Waals surface area contributed by atoms with Crippen molar-refractivity contribution in [2.24, 2.45) is 22.4 Å². The van der Waals surface area contributed by atoms with Crippen molar-refractivity contribution in [2.75, 3.05) is 0 Å². The molecule has 1 N–H and O–H groups in total. The molecule has 0 unspecified atom stereocenters. The van der Waals surface area contributed by atoms with Crippen LogP contribution < -0.4 is 0 Å². The summed E-state index contributed by atoms with van der Waals surface area (Å²) in [7, 11) is 0. The SMILES string of the molecule is CC(C)(C)[C@@H]1CCC2=NN(C(=O)c3ccncc3)[C@@](O)(C(F)(F)F)[C@H]2C1. The molecule has 3 rings (SSSR count). The van der Waals surface area contributed by atoms with Crippen molar-refractivity contribution in [3.8, 4) is 0 Å². The van der Waals surface area contributed by atoms with Crippen LogP contribution in [0, 0.1) is 17.3 Å². The van der Waals surface area contributed by atoms with Crippen LogP contribution in [0.1, 0.15) is 50.4 Å². The Morgan fingerprint density at radius 3 is 2.42 bits per heavy atom. The summed E-state index contributed by atoms with van der Waals surface area (Å²) in [6.45, 7) is 5.92. The molecule has 1 aromatic heterocycles. The summed E-state index contributed by atoms with van der Waals surface area (Å²) >= 11 is 0. The second-order valence-corrected chi connectivity index (χ2v) is 8.06. The zero-order valence-corrected chi connectivity index (χ0v) is 14.9. The minimum atomic E-state index is -5.02. The van der Waals surface area contributed by atoms with E-state index in [1.165, 1.54) is 24.5 Å². The Morgan fingerprint density at radius 1 is 1.27 bits per heavy atom. The lowest BCUT2D eigenvalue weighted by atomic mass is 9.66. The highest BCUT2D eigenvalue weighted by molar-refractivity contribution is 5.99. The highest BCUT2D eigenvalue weighted by Crippen LogP contribution is 2.52. The van der Waals surface area contributed by atoms with Crippen LogP contribution in [0.25, 0.3) is 0 Å². The smallest absolute Gasteiger partial charge is 0.362 e. The molecule has 0 aromatic carbocycles. The lowest BCUT2D eigenvalue weighted by molar-refractivity contribution is -0.314. The van der Waals surface area contributed by atoms with Crippen molar-refractivity contribution in [1.82, 2.24) is 9.99 Å². The second-order valence-electron chi connectivity index (χ2n) is 8.06. The van der Waals surface area contributed by atoms with E-state index >= 15 is 0 Å². The van der Waals surface area contributed by atoms with Gasteiger partial charge in [0.1, 0.15) is 0 Å². The number of fused-ring (bicyclic) bond motifs is 1. The molecule has 0 saturated heterocycles. The summed E-state index contributed by atoms with van der Waals surface area (Å²) < 4.78 is 41.8. The molecule has 1 fully saturated rings. The summed E-state index contributed by atoms with van der Waals surface area (Å²) in [4.78, 5) is 16.4. The molecule has 1 aliphatic carbocycles. The number of nitrogens with zero attached hydrogens (tertiary/aromatic N) is 3. The fourth-order valence-corrected chi connectivity index (χ4v) is 3.82. The first-order valence-electron chi connectivity index (χ1n) is 8.57. The van der Waals surface area contributed by atoms with Gasteiger partial charge in [0.2, 0.25) is 0 Å².